The molecule has 0 radical (unpaired) electrons. The minimum absolute atomic E-state index is 0. The van der Waals surface area contributed by atoms with Crippen molar-refractivity contribution in [2.24, 2.45) is 0 Å². The molecule has 2 aliphatic heterocycles. The lowest BCUT2D eigenvalue weighted by molar-refractivity contribution is -0.116. The molecule has 0 atom stereocenters. The molecular formula is C53H72N10O2. The Morgan fingerprint density at radius 3 is 1.45 bits per heavy atom. The van der Waals surface area contributed by atoms with Gasteiger partial charge < -0.3 is 25.2 Å². The molecule has 0 amide bonds. The highest BCUT2D eigenvalue weighted by molar-refractivity contribution is 5.79. The molecule has 2 fully saturated rings. The standard InChI is InChI=1S/C26H31N5O.C24H29N5O.3CH4/c1-19-17-27-26(29-25(19)23-6-4-5-22(16-23)15-20(2)32)28-24-9-7-21(8-10-24)18-31-13-11-30(3)12-14-31;1-18-16-25-24(27-23(18)20-5-4-6-22(15-20)30-3)26-21-9-7-19(8-10-21)17-29-13-11-28(2)12-14-29;;;/h4-10,16-17H,11-15,18H2,1-3H3,(H,27,28,29);4-10,15-16H,11-14,17H2,1-3H3,(H,25,26,27);3*1H4. The molecule has 0 saturated carbocycles. The third-order valence-electron chi connectivity index (χ3n) is 11.4. The van der Waals surface area contributed by atoms with Gasteiger partial charge >= 0.3 is 0 Å². The van der Waals surface area contributed by atoms with Gasteiger partial charge in [0.2, 0.25) is 11.9 Å². The van der Waals surface area contributed by atoms with E-state index in [1.807, 2.05) is 74.8 Å². The Morgan fingerprint density at radius 2 is 1.02 bits per heavy atom. The SMILES string of the molecule is C.C.C.CC(=O)Cc1cccc(-c2nc(Nc3ccc(CN4CCN(C)CC4)cc3)ncc2C)c1.COc1cccc(-c2nc(Nc3ccc(CN4CCN(C)CC4)cc3)ncc2C)c1. The van der Waals surface area contributed by atoms with Crippen LogP contribution in [0.3, 0.4) is 0 Å². The van der Waals surface area contributed by atoms with E-state index in [0.29, 0.717) is 18.3 Å². The molecule has 2 N–H and O–H groups in total. The molecule has 2 aromatic heterocycles. The summed E-state index contributed by atoms with van der Waals surface area (Å²) in [5.74, 6) is 2.12. The number of methoxy groups -OCH3 is 1. The second-order valence-electron chi connectivity index (χ2n) is 16.6. The van der Waals surface area contributed by atoms with Crippen LogP contribution in [0.4, 0.5) is 23.3 Å². The van der Waals surface area contributed by atoms with Crippen molar-refractivity contribution in [2.75, 3.05) is 84.2 Å². The number of aromatic nitrogens is 4. The zero-order valence-corrected chi connectivity index (χ0v) is 37.1. The quantitative estimate of drug-likeness (QED) is 0.115. The zero-order chi connectivity index (χ0) is 43.4. The first-order chi connectivity index (χ1) is 30.1. The van der Waals surface area contributed by atoms with Crippen molar-refractivity contribution in [3.63, 3.8) is 0 Å². The number of ether oxygens (including phenoxy) is 1. The normalized spacial score (nSPS) is 14.4. The second-order valence-corrected chi connectivity index (χ2v) is 16.6. The van der Waals surface area contributed by atoms with Gasteiger partial charge in [-0.3, -0.25) is 14.6 Å². The van der Waals surface area contributed by atoms with Crippen LogP contribution < -0.4 is 15.4 Å². The Hall–Kier alpha value is -6.05. The number of piperazine rings is 2. The molecule has 0 bridgehead atoms. The summed E-state index contributed by atoms with van der Waals surface area (Å²) in [6.07, 6.45) is 4.12. The molecule has 6 aromatic rings. The highest BCUT2D eigenvalue weighted by Crippen LogP contribution is 2.27. The highest BCUT2D eigenvalue weighted by Gasteiger charge is 2.16. The Labute approximate surface area is 389 Å². The molecule has 4 aromatic carbocycles. The van der Waals surface area contributed by atoms with Gasteiger partial charge in [0.15, 0.2) is 0 Å². The molecule has 0 spiro atoms. The number of aryl methyl sites for hydroxylation is 2. The number of likely N-dealkylation sites (N-methyl/N-ethyl adjacent to an activating group) is 2. The lowest BCUT2D eigenvalue weighted by Gasteiger charge is -2.32. The first-order valence-corrected chi connectivity index (χ1v) is 21.5. The fourth-order valence-electron chi connectivity index (χ4n) is 7.65. The predicted molar refractivity (Wildman–Crippen MR) is 271 cm³/mol. The minimum Gasteiger partial charge on any atom is -0.497 e. The molecule has 12 heteroatoms. The number of rotatable bonds is 13. The zero-order valence-electron chi connectivity index (χ0n) is 37.1. The van der Waals surface area contributed by atoms with Crippen LogP contribution >= 0.6 is 0 Å². The summed E-state index contributed by atoms with van der Waals surface area (Å²) >= 11 is 0. The highest BCUT2D eigenvalue weighted by atomic mass is 16.5. The number of carbonyl (C=O) groups is 1. The fourth-order valence-corrected chi connectivity index (χ4v) is 7.65. The van der Waals surface area contributed by atoms with E-state index in [1.54, 1.807) is 14.0 Å². The van der Waals surface area contributed by atoms with Gasteiger partial charge in [-0.15, -0.1) is 0 Å². The van der Waals surface area contributed by atoms with Crippen molar-refractivity contribution in [1.82, 2.24) is 39.5 Å². The number of hydrogen-bond acceptors (Lipinski definition) is 12. The van der Waals surface area contributed by atoms with Crippen LogP contribution in [-0.2, 0) is 24.3 Å². The summed E-state index contributed by atoms with van der Waals surface area (Å²) < 4.78 is 5.35. The van der Waals surface area contributed by atoms with Crippen molar-refractivity contribution in [1.29, 1.82) is 0 Å². The van der Waals surface area contributed by atoms with Crippen LogP contribution in [0.2, 0.25) is 0 Å². The summed E-state index contributed by atoms with van der Waals surface area (Å²) in [6, 6.07) is 33.0. The Kier molecular flexibility index (Phi) is 19.7. The van der Waals surface area contributed by atoms with Crippen LogP contribution in [0.15, 0.2) is 109 Å². The number of benzene rings is 4. The number of nitrogens with zero attached hydrogens (tertiary/aromatic N) is 8. The van der Waals surface area contributed by atoms with Gasteiger partial charge in [0.25, 0.3) is 0 Å². The third-order valence-corrected chi connectivity index (χ3v) is 11.4. The summed E-state index contributed by atoms with van der Waals surface area (Å²) in [5.41, 5.74) is 11.4. The topological polar surface area (TPSA) is 115 Å². The number of nitrogens with one attached hydrogen (secondary N) is 2. The van der Waals surface area contributed by atoms with Crippen molar-refractivity contribution in [2.45, 2.75) is 62.6 Å². The number of anilines is 4. The number of ketones is 1. The van der Waals surface area contributed by atoms with Crippen molar-refractivity contribution in [3.05, 3.63) is 137 Å². The molecule has 2 saturated heterocycles. The summed E-state index contributed by atoms with van der Waals surface area (Å²) in [7, 11) is 6.04. The van der Waals surface area contributed by atoms with E-state index < -0.39 is 0 Å². The van der Waals surface area contributed by atoms with Gasteiger partial charge in [-0.1, -0.05) is 76.9 Å². The van der Waals surface area contributed by atoms with Crippen molar-refractivity contribution in [3.8, 4) is 28.3 Å². The van der Waals surface area contributed by atoms with Gasteiger partial charge in [0, 0.05) is 107 Å². The monoisotopic (exact) mass is 881 g/mol. The lowest BCUT2D eigenvalue weighted by Crippen LogP contribution is -2.43. The van der Waals surface area contributed by atoms with E-state index in [4.69, 9.17) is 14.7 Å². The van der Waals surface area contributed by atoms with E-state index >= 15 is 0 Å². The second kappa shape index (κ2) is 24.9. The molecule has 4 heterocycles. The van der Waals surface area contributed by atoms with Gasteiger partial charge in [-0.05, 0) is 105 Å². The van der Waals surface area contributed by atoms with E-state index in [0.717, 1.165) is 122 Å². The van der Waals surface area contributed by atoms with E-state index in [-0.39, 0.29) is 28.1 Å². The van der Waals surface area contributed by atoms with E-state index in [2.05, 4.69) is 103 Å². The molecule has 346 valence electrons. The summed E-state index contributed by atoms with van der Waals surface area (Å²) in [4.78, 5) is 39.7. The molecule has 12 nitrogen and oxygen atoms in total. The largest absolute Gasteiger partial charge is 0.497 e. The molecule has 8 rings (SSSR count). The average molecular weight is 881 g/mol. The molecule has 2 aliphatic rings. The Bertz CT molecular complexity index is 2390. The molecule has 65 heavy (non-hydrogen) atoms. The lowest BCUT2D eigenvalue weighted by atomic mass is 10.0. The first-order valence-electron chi connectivity index (χ1n) is 21.5. The van der Waals surface area contributed by atoms with Crippen LogP contribution in [0.1, 0.15) is 57.0 Å². The predicted octanol–water partition coefficient (Wildman–Crippen LogP) is 9.93. The van der Waals surface area contributed by atoms with Crippen molar-refractivity contribution >= 4 is 29.1 Å². The van der Waals surface area contributed by atoms with Crippen LogP contribution in [0.5, 0.6) is 5.75 Å². The summed E-state index contributed by atoms with van der Waals surface area (Å²) in [5, 5.41) is 6.66. The van der Waals surface area contributed by atoms with E-state index in [1.165, 1.54) is 11.1 Å². The molecule has 0 unspecified atom stereocenters. The van der Waals surface area contributed by atoms with Crippen LogP contribution in [0, 0.1) is 13.8 Å². The third kappa shape index (κ3) is 15.0. The van der Waals surface area contributed by atoms with Gasteiger partial charge in [0.05, 0.1) is 18.5 Å². The van der Waals surface area contributed by atoms with Gasteiger partial charge in [-0.2, -0.15) is 0 Å². The number of hydrogen-bond donors (Lipinski definition) is 2. The molecule has 0 aliphatic carbocycles. The van der Waals surface area contributed by atoms with Crippen LogP contribution in [-0.4, -0.2) is 119 Å². The van der Waals surface area contributed by atoms with Gasteiger partial charge in [-0.25, -0.2) is 19.9 Å². The molecular weight excluding hydrogens is 809 g/mol. The van der Waals surface area contributed by atoms with Crippen LogP contribution in [0.25, 0.3) is 22.5 Å². The maximum Gasteiger partial charge on any atom is 0.227 e. The Morgan fingerprint density at radius 1 is 0.585 bits per heavy atom. The first kappa shape index (κ1) is 51.6. The van der Waals surface area contributed by atoms with E-state index in [9.17, 15) is 4.79 Å². The van der Waals surface area contributed by atoms with Gasteiger partial charge in [0.1, 0.15) is 11.5 Å². The number of Topliss-reactive ketones (excluding diaryl/α,β-unsaturated/α-hetero) is 1. The minimum atomic E-state index is 0. The van der Waals surface area contributed by atoms with Crippen molar-refractivity contribution < 1.29 is 9.53 Å². The smallest absolute Gasteiger partial charge is 0.227 e. The fraction of sp³-hybridized carbons (Fsp3) is 0.377. The Balaban J connectivity index is 0.000000272. The number of carbonyl (C=O) groups excluding carboxylic acids is 1. The average Bonchev–Trinajstić information content (AvgIpc) is 3.28. The maximum absolute atomic E-state index is 11.5. The maximum atomic E-state index is 11.5. The summed E-state index contributed by atoms with van der Waals surface area (Å²) in [6.45, 7) is 16.6.